The lowest BCUT2D eigenvalue weighted by Crippen LogP contribution is -2.49. The van der Waals surface area contributed by atoms with Crippen LogP contribution < -0.4 is 4.90 Å². The highest BCUT2D eigenvalue weighted by Gasteiger charge is 2.41. The molecule has 1 aromatic heterocycles. The molecule has 1 unspecified atom stereocenters. The molecule has 0 bridgehead atoms. The van der Waals surface area contributed by atoms with Crippen LogP contribution in [0.2, 0.25) is 0 Å². The minimum absolute atomic E-state index is 0.0684. The Morgan fingerprint density at radius 1 is 1.36 bits per heavy atom. The minimum atomic E-state index is -4.70. The molecular formula is C20H23F2N5O5S. The molecule has 178 valence electrons. The normalized spacial score (nSPS) is 16.9. The predicted octanol–water partition coefficient (Wildman–Crippen LogP) is 2.80. The molecule has 1 aliphatic heterocycles. The zero-order valence-corrected chi connectivity index (χ0v) is 19.1. The number of aliphatic imine (C=N–C) groups is 1. The molecule has 10 nitrogen and oxygen atoms in total. The van der Waals surface area contributed by atoms with Gasteiger partial charge in [0, 0.05) is 13.1 Å². The van der Waals surface area contributed by atoms with Gasteiger partial charge in [0.2, 0.25) is 5.82 Å². The Morgan fingerprint density at radius 3 is 2.67 bits per heavy atom. The largest absolute Gasteiger partial charge is 0.372 e. The van der Waals surface area contributed by atoms with Crippen LogP contribution >= 0.6 is 0 Å². The first kappa shape index (κ1) is 24.6. The van der Waals surface area contributed by atoms with Gasteiger partial charge in [-0.15, -0.1) is 0 Å². The van der Waals surface area contributed by atoms with Gasteiger partial charge < -0.3 is 9.64 Å². The SMILES string of the molecule is C=NCC(c1nc(C)nc(N2CCOC(C)(C)C2)c1[N+](=O)[O-])S(=O)(=O)c1cc(F)ccc1F. The molecule has 0 amide bonds. The zero-order chi connectivity index (χ0) is 24.6. The summed E-state index contributed by atoms with van der Waals surface area (Å²) in [5.41, 5.74) is -1.75. The van der Waals surface area contributed by atoms with Crippen molar-refractivity contribution in [2.45, 2.75) is 36.5 Å². The fourth-order valence-electron chi connectivity index (χ4n) is 3.69. The van der Waals surface area contributed by atoms with E-state index in [1.165, 1.54) is 6.92 Å². The van der Waals surface area contributed by atoms with Gasteiger partial charge in [-0.05, 0) is 45.7 Å². The lowest BCUT2D eigenvalue weighted by Gasteiger charge is -2.38. The average molecular weight is 483 g/mol. The number of halogens is 2. The van der Waals surface area contributed by atoms with E-state index in [4.69, 9.17) is 4.74 Å². The van der Waals surface area contributed by atoms with Crippen molar-refractivity contribution in [3.05, 3.63) is 51.5 Å². The number of benzene rings is 1. The Kier molecular flexibility index (Phi) is 6.75. The molecule has 0 spiro atoms. The summed E-state index contributed by atoms with van der Waals surface area (Å²) in [6.45, 7) is 8.58. The van der Waals surface area contributed by atoms with E-state index in [-0.39, 0.29) is 31.3 Å². The Labute approximate surface area is 189 Å². The van der Waals surface area contributed by atoms with Gasteiger partial charge in [-0.3, -0.25) is 15.1 Å². The van der Waals surface area contributed by atoms with Crippen molar-refractivity contribution in [3.8, 4) is 0 Å². The summed E-state index contributed by atoms with van der Waals surface area (Å²) in [6.07, 6.45) is 0. The van der Waals surface area contributed by atoms with E-state index in [9.17, 15) is 27.3 Å². The topological polar surface area (TPSA) is 128 Å². The maximum atomic E-state index is 14.4. The number of aromatic nitrogens is 2. The van der Waals surface area contributed by atoms with Gasteiger partial charge in [0.1, 0.15) is 33.3 Å². The van der Waals surface area contributed by atoms with Crippen LogP contribution in [-0.2, 0) is 14.6 Å². The first-order valence-electron chi connectivity index (χ1n) is 9.90. The summed E-state index contributed by atoms with van der Waals surface area (Å²) in [5, 5.41) is 10.4. The molecule has 1 aliphatic rings. The van der Waals surface area contributed by atoms with Gasteiger partial charge >= 0.3 is 5.69 Å². The van der Waals surface area contributed by atoms with E-state index in [2.05, 4.69) is 21.7 Å². The number of anilines is 1. The van der Waals surface area contributed by atoms with Gasteiger partial charge in [0.25, 0.3) is 0 Å². The van der Waals surface area contributed by atoms with Crippen LogP contribution in [-0.4, -0.2) is 61.9 Å². The number of hydrogen-bond donors (Lipinski definition) is 0. The van der Waals surface area contributed by atoms with E-state index in [0.717, 1.165) is 6.07 Å². The Balaban J connectivity index is 2.26. The molecule has 1 aromatic carbocycles. The maximum absolute atomic E-state index is 14.4. The quantitative estimate of drug-likeness (QED) is 0.334. The summed E-state index contributed by atoms with van der Waals surface area (Å²) >= 11 is 0. The maximum Gasteiger partial charge on any atom is 0.334 e. The summed E-state index contributed by atoms with van der Waals surface area (Å²) in [7, 11) is -4.70. The molecule has 0 radical (unpaired) electrons. The highest BCUT2D eigenvalue weighted by atomic mass is 32.2. The molecule has 0 N–H and O–H groups in total. The monoisotopic (exact) mass is 483 g/mol. The fourth-order valence-corrected chi connectivity index (χ4v) is 5.37. The smallest absolute Gasteiger partial charge is 0.334 e. The van der Waals surface area contributed by atoms with E-state index in [0.29, 0.717) is 12.1 Å². The van der Waals surface area contributed by atoms with Crippen LogP contribution in [0.15, 0.2) is 28.1 Å². The summed E-state index contributed by atoms with van der Waals surface area (Å²) in [4.78, 5) is 23.9. The first-order valence-corrected chi connectivity index (χ1v) is 11.5. The van der Waals surface area contributed by atoms with E-state index < -0.39 is 60.1 Å². The van der Waals surface area contributed by atoms with Crippen molar-refractivity contribution in [3.63, 3.8) is 0 Å². The van der Waals surface area contributed by atoms with Gasteiger partial charge in [-0.1, -0.05) is 0 Å². The molecule has 1 saturated heterocycles. The second-order valence-corrected chi connectivity index (χ2v) is 10.2. The first-order chi connectivity index (χ1) is 15.4. The molecule has 0 saturated carbocycles. The third-order valence-corrected chi connectivity index (χ3v) is 7.13. The van der Waals surface area contributed by atoms with Crippen LogP contribution in [0.4, 0.5) is 20.3 Å². The fraction of sp³-hybridized carbons (Fsp3) is 0.450. The number of aryl methyl sites for hydroxylation is 1. The van der Waals surface area contributed by atoms with Crippen LogP contribution in [0.1, 0.15) is 30.6 Å². The second-order valence-electron chi connectivity index (χ2n) is 8.13. The molecule has 3 rings (SSSR count). The third kappa shape index (κ3) is 4.98. The summed E-state index contributed by atoms with van der Waals surface area (Å²) < 4.78 is 60.5. The summed E-state index contributed by atoms with van der Waals surface area (Å²) in [5.74, 6) is -2.19. The second kappa shape index (κ2) is 9.06. The number of rotatable bonds is 7. The molecule has 2 heterocycles. The van der Waals surface area contributed by atoms with Crippen molar-refractivity contribution in [2.24, 2.45) is 4.99 Å². The van der Waals surface area contributed by atoms with Crippen LogP contribution in [0.3, 0.4) is 0 Å². The highest BCUT2D eigenvalue weighted by Crippen LogP contribution is 2.39. The minimum Gasteiger partial charge on any atom is -0.372 e. The lowest BCUT2D eigenvalue weighted by molar-refractivity contribution is -0.385. The van der Waals surface area contributed by atoms with Gasteiger partial charge in [-0.2, -0.15) is 0 Å². The van der Waals surface area contributed by atoms with Crippen LogP contribution in [0.25, 0.3) is 0 Å². The standard InChI is InChI=1S/C20H23F2N5O5S/c1-12-24-17(16(10-23-4)33(30,31)15-9-13(21)5-6-14(15)22)18(27(28)29)19(25-12)26-7-8-32-20(2,3)11-26/h5-6,9,16H,4,7-8,10-11H2,1-3H3. The Bertz CT molecular complexity index is 1210. The van der Waals surface area contributed by atoms with Crippen LogP contribution in [0.5, 0.6) is 0 Å². The molecular weight excluding hydrogens is 460 g/mol. The van der Waals surface area contributed by atoms with Gasteiger partial charge in [-0.25, -0.2) is 27.2 Å². The molecule has 1 atom stereocenters. The third-order valence-electron chi connectivity index (χ3n) is 5.09. The Hall–Kier alpha value is -3.06. The van der Waals surface area contributed by atoms with Crippen molar-refractivity contribution in [1.29, 1.82) is 0 Å². The number of sulfone groups is 1. The van der Waals surface area contributed by atoms with E-state index in [1.54, 1.807) is 4.90 Å². The lowest BCUT2D eigenvalue weighted by atomic mass is 10.1. The van der Waals surface area contributed by atoms with Crippen LogP contribution in [0, 0.1) is 28.7 Å². The number of nitrogens with zero attached hydrogens (tertiary/aromatic N) is 5. The molecule has 33 heavy (non-hydrogen) atoms. The van der Waals surface area contributed by atoms with Gasteiger partial charge in [0.05, 0.1) is 23.7 Å². The number of hydrogen-bond acceptors (Lipinski definition) is 9. The summed E-state index contributed by atoms with van der Waals surface area (Å²) in [6, 6.07) is 1.96. The number of morpholine rings is 1. The molecule has 0 aliphatic carbocycles. The molecule has 13 heteroatoms. The number of nitro groups is 1. The molecule has 2 aromatic rings. The van der Waals surface area contributed by atoms with Crippen molar-refractivity contribution in [1.82, 2.24) is 9.97 Å². The van der Waals surface area contributed by atoms with E-state index in [1.807, 2.05) is 13.8 Å². The average Bonchev–Trinajstić information content (AvgIpc) is 2.71. The van der Waals surface area contributed by atoms with E-state index >= 15 is 0 Å². The highest BCUT2D eigenvalue weighted by molar-refractivity contribution is 7.91. The molecule has 1 fully saturated rings. The van der Waals surface area contributed by atoms with Crippen molar-refractivity contribution < 1.29 is 26.9 Å². The van der Waals surface area contributed by atoms with Crippen molar-refractivity contribution >= 4 is 28.1 Å². The zero-order valence-electron chi connectivity index (χ0n) is 18.3. The predicted molar refractivity (Wildman–Crippen MR) is 116 cm³/mol. The Morgan fingerprint density at radius 2 is 2.06 bits per heavy atom. The number of ether oxygens (including phenoxy) is 1. The van der Waals surface area contributed by atoms with Gasteiger partial charge in [0.15, 0.2) is 9.84 Å². The van der Waals surface area contributed by atoms with Crippen molar-refractivity contribution in [2.75, 3.05) is 31.1 Å².